The maximum Gasteiger partial charge on any atom is 0.331 e. The quantitative estimate of drug-likeness (QED) is 0.402. The van der Waals surface area contributed by atoms with E-state index in [1.807, 2.05) is 37.3 Å². The van der Waals surface area contributed by atoms with Crippen LogP contribution in [0.5, 0.6) is 0 Å². The van der Waals surface area contributed by atoms with Crippen LogP contribution < -0.4 is 0 Å². The van der Waals surface area contributed by atoms with Gasteiger partial charge in [-0.05, 0) is 74.8 Å². The second kappa shape index (κ2) is 11.3. The van der Waals surface area contributed by atoms with Gasteiger partial charge in [-0.25, -0.2) is 9.59 Å². The fraction of sp³-hybridized carbons (Fsp3) is 0.393. The van der Waals surface area contributed by atoms with Gasteiger partial charge in [0, 0.05) is 29.7 Å². The van der Waals surface area contributed by atoms with Gasteiger partial charge in [0.2, 0.25) is 0 Å². The Morgan fingerprint density at radius 1 is 1.24 bits per heavy atom. The summed E-state index contributed by atoms with van der Waals surface area (Å²) in [6, 6.07) is 9.72. The number of aliphatic hydroxyl groups excluding tert-OH is 1. The maximum atomic E-state index is 12.7. The van der Waals surface area contributed by atoms with Crippen LogP contribution >= 0.6 is 0 Å². The Balaban J connectivity index is 1.51. The number of nitrogens with zero attached hydrogens (tertiary/aromatic N) is 1. The van der Waals surface area contributed by atoms with E-state index in [-0.39, 0.29) is 17.9 Å². The SMILES string of the molecule is C[C@H]1CCC/C=C/[C@@H]2C[C@H](O)C[C@H]2[C@H](OC(=O)/C=C/c2cnc3ccccc3c2)/C=C/C(=O)O1. The van der Waals surface area contributed by atoms with Gasteiger partial charge in [0.15, 0.2) is 0 Å². The maximum absolute atomic E-state index is 12.7. The number of carbonyl (C=O) groups is 2. The van der Waals surface area contributed by atoms with E-state index in [2.05, 4.69) is 17.1 Å². The third-order valence-electron chi connectivity index (χ3n) is 6.44. The number of fused-ring (bicyclic) bond motifs is 2. The zero-order valence-electron chi connectivity index (χ0n) is 19.4. The lowest BCUT2D eigenvalue weighted by Gasteiger charge is -2.24. The highest BCUT2D eigenvalue weighted by Crippen LogP contribution is 2.37. The number of esters is 2. The molecule has 2 aromatic rings. The van der Waals surface area contributed by atoms with Crippen molar-refractivity contribution in [3.05, 3.63) is 72.5 Å². The summed E-state index contributed by atoms with van der Waals surface area (Å²) in [7, 11) is 0. The second-order valence-corrected chi connectivity index (χ2v) is 9.11. The monoisotopic (exact) mass is 461 g/mol. The van der Waals surface area contributed by atoms with E-state index in [1.54, 1.807) is 18.3 Å². The number of rotatable bonds is 3. The molecule has 1 fully saturated rings. The van der Waals surface area contributed by atoms with Crippen LogP contribution in [0, 0.1) is 11.8 Å². The predicted octanol–water partition coefficient (Wildman–Crippen LogP) is 4.77. The number of benzene rings is 1. The molecule has 0 unspecified atom stereocenters. The zero-order chi connectivity index (χ0) is 23.9. The van der Waals surface area contributed by atoms with Crippen molar-refractivity contribution in [2.75, 3.05) is 0 Å². The molecule has 1 N–H and O–H groups in total. The van der Waals surface area contributed by atoms with Gasteiger partial charge in [-0.1, -0.05) is 30.4 Å². The van der Waals surface area contributed by atoms with Crippen LogP contribution in [0.1, 0.15) is 44.6 Å². The third-order valence-corrected chi connectivity index (χ3v) is 6.44. The summed E-state index contributed by atoms with van der Waals surface area (Å²) in [5, 5.41) is 11.3. The lowest BCUT2D eigenvalue weighted by atomic mass is 9.89. The lowest BCUT2D eigenvalue weighted by molar-refractivity contribution is -0.145. The first-order valence-electron chi connectivity index (χ1n) is 11.9. The molecule has 1 aliphatic carbocycles. The summed E-state index contributed by atoms with van der Waals surface area (Å²) in [6.45, 7) is 1.88. The summed E-state index contributed by atoms with van der Waals surface area (Å²) >= 11 is 0. The Bertz CT molecular complexity index is 1100. The van der Waals surface area contributed by atoms with E-state index in [1.165, 1.54) is 12.2 Å². The third kappa shape index (κ3) is 6.41. The Morgan fingerprint density at radius 2 is 2.09 bits per heavy atom. The highest BCUT2D eigenvalue weighted by Gasteiger charge is 2.38. The minimum atomic E-state index is -0.651. The van der Waals surface area contributed by atoms with Crippen molar-refractivity contribution in [1.29, 1.82) is 0 Å². The fourth-order valence-electron chi connectivity index (χ4n) is 4.72. The van der Waals surface area contributed by atoms with Crippen LogP contribution in [0.4, 0.5) is 0 Å². The molecule has 1 aromatic carbocycles. The molecule has 5 atom stereocenters. The van der Waals surface area contributed by atoms with E-state index < -0.39 is 24.1 Å². The van der Waals surface area contributed by atoms with Gasteiger partial charge in [0.05, 0.1) is 17.7 Å². The number of hydrogen-bond donors (Lipinski definition) is 1. The normalized spacial score (nSPS) is 29.9. The van der Waals surface area contributed by atoms with Crippen molar-refractivity contribution in [2.45, 2.75) is 57.3 Å². The molecule has 178 valence electrons. The Labute approximate surface area is 200 Å². The molecule has 0 spiro atoms. The van der Waals surface area contributed by atoms with Gasteiger partial charge in [0.25, 0.3) is 0 Å². The van der Waals surface area contributed by atoms with Crippen LogP contribution in [-0.4, -0.2) is 40.3 Å². The van der Waals surface area contributed by atoms with Gasteiger partial charge >= 0.3 is 11.9 Å². The molecule has 1 saturated carbocycles. The largest absolute Gasteiger partial charge is 0.460 e. The molecule has 0 bridgehead atoms. The number of pyridine rings is 1. The van der Waals surface area contributed by atoms with Gasteiger partial charge < -0.3 is 14.6 Å². The molecule has 2 heterocycles. The molecule has 0 amide bonds. The lowest BCUT2D eigenvalue weighted by Crippen LogP contribution is -2.27. The summed E-state index contributed by atoms with van der Waals surface area (Å²) < 4.78 is 11.2. The van der Waals surface area contributed by atoms with Crippen LogP contribution in [-0.2, 0) is 19.1 Å². The molecule has 2 aliphatic rings. The molecule has 6 heteroatoms. The summed E-state index contributed by atoms with van der Waals surface area (Å²) in [5.41, 5.74) is 1.67. The Kier molecular flexibility index (Phi) is 7.91. The van der Waals surface area contributed by atoms with E-state index >= 15 is 0 Å². The number of ether oxygens (including phenoxy) is 2. The summed E-state index contributed by atoms with van der Waals surface area (Å²) in [5.74, 6) is -1.01. The molecular weight excluding hydrogens is 430 g/mol. The molecule has 4 rings (SSSR count). The van der Waals surface area contributed by atoms with E-state index in [0.717, 1.165) is 35.7 Å². The summed E-state index contributed by atoms with van der Waals surface area (Å²) in [4.78, 5) is 29.4. The number of aliphatic hydroxyl groups is 1. The average Bonchev–Trinajstić information content (AvgIpc) is 3.19. The van der Waals surface area contributed by atoms with Crippen LogP contribution in [0.25, 0.3) is 17.0 Å². The van der Waals surface area contributed by atoms with Crippen molar-refractivity contribution < 1.29 is 24.2 Å². The fourth-order valence-corrected chi connectivity index (χ4v) is 4.72. The zero-order valence-corrected chi connectivity index (χ0v) is 19.4. The number of carbonyl (C=O) groups excluding carboxylic acids is 2. The summed E-state index contributed by atoms with van der Waals surface area (Å²) in [6.07, 6.45) is 14.3. The molecule has 1 aromatic heterocycles. The van der Waals surface area contributed by atoms with E-state index in [9.17, 15) is 14.7 Å². The van der Waals surface area contributed by atoms with Crippen LogP contribution in [0.15, 0.2) is 66.9 Å². The van der Waals surface area contributed by atoms with Crippen molar-refractivity contribution in [1.82, 2.24) is 4.98 Å². The van der Waals surface area contributed by atoms with E-state index in [4.69, 9.17) is 9.47 Å². The number of cyclic esters (lactones) is 1. The number of para-hydroxylation sites is 1. The molecule has 0 saturated heterocycles. The highest BCUT2D eigenvalue weighted by atomic mass is 16.5. The smallest absolute Gasteiger partial charge is 0.331 e. The minimum absolute atomic E-state index is 0.0697. The Morgan fingerprint density at radius 3 is 2.97 bits per heavy atom. The van der Waals surface area contributed by atoms with Crippen LogP contribution in [0.3, 0.4) is 0 Å². The van der Waals surface area contributed by atoms with Gasteiger partial charge in [-0.2, -0.15) is 0 Å². The molecule has 6 nitrogen and oxygen atoms in total. The molecule has 0 radical (unpaired) electrons. The number of aromatic nitrogens is 1. The second-order valence-electron chi connectivity index (χ2n) is 9.11. The van der Waals surface area contributed by atoms with Crippen molar-refractivity contribution >= 4 is 28.9 Å². The first-order valence-corrected chi connectivity index (χ1v) is 11.9. The van der Waals surface area contributed by atoms with E-state index in [0.29, 0.717) is 12.8 Å². The molecule has 34 heavy (non-hydrogen) atoms. The average molecular weight is 462 g/mol. The van der Waals surface area contributed by atoms with Crippen LogP contribution in [0.2, 0.25) is 0 Å². The van der Waals surface area contributed by atoms with Crippen molar-refractivity contribution in [3.63, 3.8) is 0 Å². The predicted molar refractivity (Wildman–Crippen MR) is 131 cm³/mol. The van der Waals surface area contributed by atoms with Crippen molar-refractivity contribution in [2.24, 2.45) is 11.8 Å². The topological polar surface area (TPSA) is 85.7 Å². The van der Waals surface area contributed by atoms with Gasteiger partial charge in [-0.15, -0.1) is 0 Å². The van der Waals surface area contributed by atoms with Gasteiger partial charge in [0.1, 0.15) is 6.10 Å². The first kappa shape index (κ1) is 23.9. The standard InChI is InChI=1S/C28H31NO5/c1-19-7-3-2-4-8-21-16-23(30)17-24(21)26(12-14-27(31)33-19)34-28(32)13-11-20-15-22-9-5-6-10-25(22)29-18-20/h4-6,8-15,18-19,21,23-24,26,30H,2-3,7,16-17H2,1H3/b8-4+,13-11+,14-12+/t19-,21+,23-,24+,26+/m0/s1. The Hall–Kier alpha value is -3.25. The number of hydrogen-bond acceptors (Lipinski definition) is 6. The van der Waals surface area contributed by atoms with Gasteiger partial charge in [-0.3, -0.25) is 4.98 Å². The van der Waals surface area contributed by atoms with Crippen molar-refractivity contribution in [3.8, 4) is 0 Å². The first-order chi connectivity index (χ1) is 16.5. The minimum Gasteiger partial charge on any atom is -0.460 e. The number of allylic oxidation sites excluding steroid dienone is 2. The molecular formula is C28H31NO5. The molecule has 1 aliphatic heterocycles. The highest BCUT2D eigenvalue weighted by molar-refractivity contribution is 5.89.